The summed E-state index contributed by atoms with van der Waals surface area (Å²) in [6, 6.07) is -0.325. The van der Waals surface area contributed by atoms with Gasteiger partial charge in [-0.15, -0.1) is 0 Å². The zero-order valence-electron chi connectivity index (χ0n) is 15.5. The molecule has 3 saturated heterocycles. The van der Waals surface area contributed by atoms with Crippen LogP contribution < -0.4 is 0 Å². The van der Waals surface area contributed by atoms with Crippen molar-refractivity contribution in [2.45, 2.75) is 58.1 Å². The summed E-state index contributed by atoms with van der Waals surface area (Å²) in [7, 11) is 2.16. The van der Waals surface area contributed by atoms with Crippen LogP contribution in [-0.2, 0) is 9.53 Å². The molecule has 0 aliphatic carbocycles. The number of hydrogen-bond acceptors (Lipinski definition) is 4. The summed E-state index contributed by atoms with van der Waals surface area (Å²) in [4.78, 5) is 31.2. The van der Waals surface area contributed by atoms with E-state index in [0.29, 0.717) is 6.54 Å². The van der Waals surface area contributed by atoms with Crippen molar-refractivity contribution < 1.29 is 14.3 Å². The monoisotopic (exact) mass is 337 g/mol. The molecule has 0 aromatic rings. The Hall–Kier alpha value is -1.30. The molecular formula is C18H31N3O3. The summed E-state index contributed by atoms with van der Waals surface area (Å²) in [5.74, 6) is 0.112. The van der Waals surface area contributed by atoms with Crippen LogP contribution >= 0.6 is 0 Å². The molecular weight excluding hydrogens is 306 g/mol. The van der Waals surface area contributed by atoms with Crippen LogP contribution in [0.15, 0.2) is 0 Å². The molecule has 6 nitrogen and oxygen atoms in total. The molecule has 136 valence electrons. The minimum Gasteiger partial charge on any atom is -0.444 e. The molecule has 0 aromatic carbocycles. The molecule has 3 aliphatic rings. The Morgan fingerprint density at radius 2 is 1.83 bits per heavy atom. The zero-order valence-corrected chi connectivity index (χ0v) is 15.5. The number of ether oxygens (including phenoxy) is 1. The Morgan fingerprint density at radius 3 is 2.38 bits per heavy atom. The van der Waals surface area contributed by atoms with Crippen LogP contribution in [0.3, 0.4) is 0 Å². The lowest BCUT2D eigenvalue weighted by Gasteiger charge is -2.46. The van der Waals surface area contributed by atoms with Gasteiger partial charge in [0.25, 0.3) is 0 Å². The third-order valence-electron chi connectivity index (χ3n) is 5.53. The fourth-order valence-electron chi connectivity index (χ4n) is 4.28. The second-order valence-corrected chi connectivity index (χ2v) is 8.83. The van der Waals surface area contributed by atoms with Gasteiger partial charge in [-0.25, -0.2) is 4.79 Å². The van der Waals surface area contributed by atoms with Gasteiger partial charge in [0.1, 0.15) is 11.6 Å². The smallest absolute Gasteiger partial charge is 0.410 e. The lowest BCUT2D eigenvalue weighted by molar-refractivity contribution is -0.144. The molecule has 24 heavy (non-hydrogen) atoms. The van der Waals surface area contributed by atoms with Crippen molar-refractivity contribution in [1.29, 1.82) is 0 Å². The summed E-state index contributed by atoms with van der Waals surface area (Å²) in [6.07, 6.45) is 3.84. The van der Waals surface area contributed by atoms with E-state index in [4.69, 9.17) is 4.74 Å². The number of nitrogens with zero attached hydrogens (tertiary/aromatic N) is 3. The predicted molar refractivity (Wildman–Crippen MR) is 91.7 cm³/mol. The number of rotatable bonds is 1. The van der Waals surface area contributed by atoms with Gasteiger partial charge in [-0.1, -0.05) is 0 Å². The van der Waals surface area contributed by atoms with E-state index in [1.54, 1.807) is 4.90 Å². The third-order valence-corrected chi connectivity index (χ3v) is 5.53. The largest absolute Gasteiger partial charge is 0.444 e. The number of carbonyl (C=O) groups excluding carboxylic acids is 2. The minimum atomic E-state index is -0.524. The van der Waals surface area contributed by atoms with Crippen LogP contribution in [0.2, 0.25) is 0 Å². The molecule has 1 unspecified atom stereocenters. The first-order chi connectivity index (χ1) is 11.2. The first-order valence-corrected chi connectivity index (χ1v) is 9.16. The van der Waals surface area contributed by atoms with Gasteiger partial charge in [-0.3, -0.25) is 9.69 Å². The number of carbonyl (C=O) groups is 2. The Balaban J connectivity index is 1.61. The van der Waals surface area contributed by atoms with Gasteiger partial charge >= 0.3 is 6.09 Å². The molecule has 0 saturated carbocycles. The Bertz CT molecular complexity index is 512. The molecule has 3 rings (SSSR count). The first-order valence-electron chi connectivity index (χ1n) is 9.16. The molecule has 0 N–H and O–H groups in total. The van der Waals surface area contributed by atoms with E-state index in [1.807, 2.05) is 25.7 Å². The highest BCUT2D eigenvalue weighted by molar-refractivity contribution is 5.87. The Morgan fingerprint density at radius 1 is 1.08 bits per heavy atom. The molecule has 0 radical (unpaired) electrons. The molecule has 3 fully saturated rings. The lowest BCUT2D eigenvalue weighted by atomic mass is 9.79. The van der Waals surface area contributed by atoms with Crippen LogP contribution in [0.5, 0.6) is 0 Å². The zero-order chi connectivity index (χ0) is 17.5. The predicted octanol–water partition coefficient (Wildman–Crippen LogP) is 1.94. The number of likely N-dealkylation sites (tertiary alicyclic amines) is 3. The van der Waals surface area contributed by atoms with Gasteiger partial charge in [-0.05, 0) is 60.0 Å². The lowest BCUT2D eigenvalue weighted by Crippen LogP contribution is -2.61. The highest BCUT2D eigenvalue weighted by Gasteiger charge is 2.46. The van der Waals surface area contributed by atoms with Crippen LogP contribution in [0.1, 0.15) is 46.5 Å². The second kappa shape index (κ2) is 6.21. The van der Waals surface area contributed by atoms with Gasteiger partial charge in [0.15, 0.2) is 0 Å². The van der Waals surface area contributed by atoms with Crippen LogP contribution in [0.25, 0.3) is 0 Å². The average Bonchev–Trinajstić information content (AvgIpc) is 2.76. The molecule has 1 spiro atoms. The highest BCUT2D eigenvalue weighted by atomic mass is 16.6. The molecule has 6 heteroatoms. The van der Waals surface area contributed by atoms with Gasteiger partial charge in [0.2, 0.25) is 5.91 Å². The summed E-state index contributed by atoms with van der Waals surface area (Å²) >= 11 is 0. The first kappa shape index (κ1) is 17.5. The van der Waals surface area contributed by atoms with Gasteiger partial charge in [0, 0.05) is 31.6 Å². The van der Waals surface area contributed by atoms with Crippen molar-refractivity contribution in [2.24, 2.45) is 5.41 Å². The molecule has 3 aliphatic heterocycles. The molecule has 2 atom stereocenters. The average molecular weight is 337 g/mol. The van der Waals surface area contributed by atoms with E-state index in [1.165, 1.54) is 12.8 Å². The maximum absolute atomic E-state index is 12.9. The van der Waals surface area contributed by atoms with Gasteiger partial charge < -0.3 is 14.5 Å². The standard InChI is InChI=1S/C18H31N3O3/c1-17(2,3)24-16(23)21-10-6-14(21)15(22)20-9-5-7-18(13-20)8-11-19(4)12-18/h14H,5-13H2,1-4H3/t14-,18?/m1/s1. The van der Waals surface area contributed by atoms with Crippen molar-refractivity contribution in [2.75, 3.05) is 39.8 Å². The van der Waals surface area contributed by atoms with Gasteiger partial charge in [0.05, 0.1) is 0 Å². The van der Waals surface area contributed by atoms with E-state index in [9.17, 15) is 9.59 Å². The number of amides is 2. The molecule has 2 amide bonds. The summed E-state index contributed by atoms with van der Waals surface area (Å²) < 4.78 is 5.43. The minimum absolute atomic E-state index is 0.112. The molecule has 0 aromatic heterocycles. The van der Waals surface area contributed by atoms with Crippen molar-refractivity contribution in [3.05, 3.63) is 0 Å². The van der Waals surface area contributed by atoms with Crippen LogP contribution in [-0.4, -0.2) is 78.1 Å². The summed E-state index contributed by atoms with van der Waals surface area (Å²) in [6.45, 7) is 10.0. The SMILES string of the molecule is CN1CCC2(CCCN(C(=O)[C@H]3CCN3C(=O)OC(C)(C)C)C2)C1. The van der Waals surface area contributed by atoms with Crippen molar-refractivity contribution >= 4 is 12.0 Å². The number of hydrogen-bond donors (Lipinski definition) is 0. The Kier molecular flexibility index (Phi) is 4.53. The van der Waals surface area contributed by atoms with Crippen LogP contribution in [0, 0.1) is 5.41 Å². The van der Waals surface area contributed by atoms with Crippen molar-refractivity contribution in [3.63, 3.8) is 0 Å². The second-order valence-electron chi connectivity index (χ2n) is 8.83. The molecule has 3 heterocycles. The topological polar surface area (TPSA) is 53.1 Å². The van der Waals surface area contributed by atoms with Gasteiger partial charge in [-0.2, -0.15) is 0 Å². The number of piperidine rings is 1. The maximum atomic E-state index is 12.9. The third kappa shape index (κ3) is 3.53. The maximum Gasteiger partial charge on any atom is 0.410 e. The molecule has 0 bridgehead atoms. The van der Waals surface area contributed by atoms with E-state index < -0.39 is 5.60 Å². The fraction of sp³-hybridized carbons (Fsp3) is 0.889. The fourth-order valence-corrected chi connectivity index (χ4v) is 4.28. The van der Waals surface area contributed by atoms with Crippen molar-refractivity contribution in [3.8, 4) is 0 Å². The van der Waals surface area contributed by atoms with E-state index in [-0.39, 0.29) is 23.5 Å². The quantitative estimate of drug-likeness (QED) is 0.734. The van der Waals surface area contributed by atoms with Crippen molar-refractivity contribution in [1.82, 2.24) is 14.7 Å². The highest BCUT2D eigenvalue weighted by Crippen LogP contribution is 2.39. The van der Waals surface area contributed by atoms with E-state index in [0.717, 1.165) is 39.0 Å². The summed E-state index contributed by atoms with van der Waals surface area (Å²) in [5.41, 5.74) is -0.257. The summed E-state index contributed by atoms with van der Waals surface area (Å²) in [5, 5.41) is 0. The normalized spacial score (nSPS) is 31.2. The van der Waals surface area contributed by atoms with Crippen LogP contribution in [0.4, 0.5) is 4.79 Å². The van der Waals surface area contributed by atoms with E-state index >= 15 is 0 Å². The van der Waals surface area contributed by atoms with E-state index in [2.05, 4.69) is 11.9 Å². The Labute approximate surface area is 145 Å².